The van der Waals surface area contributed by atoms with Crippen molar-refractivity contribution in [3.63, 3.8) is 0 Å². The summed E-state index contributed by atoms with van der Waals surface area (Å²) in [5, 5.41) is 3.16. The van der Waals surface area contributed by atoms with E-state index in [4.69, 9.17) is 17.3 Å². The molecule has 106 valence electrons. The normalized spacial score (nSPS) is 12.6. The third-order valence-electron chi connectivity index (χ3n) is 3.92. The zero-order valence-corrected chi connectivity index (χ0v) is 13.0. The largest absolute Gasteiger partial charge is 0.320 e. The Morgan fingerprint density at radius 1 is 0.952 bits per heavy atom. The van der Waals surface area contributed by atoms with Crippen LogP contribution < -0.4 is 5.73 Å². The van der Waals surface area contributed by atoms with Crippen molar-refractivity contribution in [1.82, 2.24) is 0 Å². The maximum absolute atomic E-state index is 6.56. The second kappa shape index (κ2) is 5.51. The summed E-state index contributed by atoms with van der Waals surface area (Å²) in [7, 11) is 0. The molecular weight excluding hydrogens is 278 g/mol. The van der Waals surface area contributed by atoms with E-state index < -0.39 is 0 Å². The zero-order chi connectivity index (χ0) is 15.0. The quantitative estimate of drug-likeness (QED) is 0.694. The second-order valence-corrected chi connectivity index (χ2v) is 5.99. The predicted octanol–water partition coefficient (Wildman–Crippen LogP) is 5.16. The first kappa shape index (κ1) is 14.1. The molecule has 3 aromatic carbocycles. The van der Waals surface area contributed by atoms with Crippen LogP contribution in [0.15, 0.2) is 54.6 Å². The molecule has 21 heavy (non-hydrogen) atoms. The molecule has 1 atom stereocenters. The van der Waals surface area contributed by atoms with Gasteiger partial charge in [-0.2, -0.15) is 0 Å². The molecule has 0 aliphatic carbocycles. The molecule has 1 nitrogen and oxygen atoms in total. The lowest BCUT2D eigenvalue weighted by Crippen LogP contribution is -2.14. The van der Waals surface area contributed by atoms with Crippen LogP contribution in [0.5, 0.6) is 0 Å². The van der Waals surface area contributed by atoms with Crippen LogP contribution in [0.4, 0.5) is 0 Å². The van der Waals surface area contributed by atoms with Crippen molar-refractivity contribution in [3.05, 3.63) is 81.9 Å². The van der Waals surface area contributed by atoms with E-state index in [2.05, 4.69) is 49.4 Å². The molecule has 0 spiro atoms. The Hall–Kier alpha value is -1.83. The summed E-state index contributed by atoms with van der Waals surface area (Å²) in [6.07, 6.45) is 0. The molecule has 0 heterocycles. The highest BCUT2D eigenvalue weighted by molar-refractivity contribution is 6.30. The molecule has 0 aliphatic heterocycles. The van der Waals surface area contributed by atoms with Crippen LogP contribution in [0.25, 0.3) is 10.8 Å². The van der Waals surface area contributed by atoms with E-state index in [1.165, 1.54) is 21.9 Å². The molecule has 3 aromatic rings. The van der Waals surface area contributed by atoms with Gasteiger partial charge in [-0.25, -0.2) is 0 Å². The molecule has 0 saturated carbocycles. The number of aryl methyl sites for hydroxylation is 2. The van der Waals surface area contributed by atoms with Crippen molar-refractivity contribution >= 4 is 22.4 Å². The Kier molecular flexibility index (Phi) is 3.71. The Labute approximate surface area is 130 Å². The van der Waals surface area contributed by atoms with Crippen molar-refractivity contribution in [2.45, 2.75) is 19.9 Å². The highest BCUT2D eigenvalue weighted by Gasteiger charge is 2.15. The van der Waals surface area contributed by atoms with Gasteiger partial charge in [0.05, 0.1) is 6.04 Å². The highest BCUT2D eigenvalue weighted by Crippen LogP contribution is 2.31. The summed E-state index contributed by atoms with van der Waals surface area (Å²) in [6.45, 7) is 4.15. The van der Waals surface area contributed by atoms with Crippen LogP contribution in [0.1, 0.15) is 28.3 Å². The van der Waals surface area contributed by atoms with Gasteiger partial charge in [0, 0.05) is 5.02 Å². The lowest BCUT2D eigenvalue weighted by molar-refractivity contribution is 0.870. The first-order valence-corrected chi connectivity index (χ1v) is 7.45. The molecule has 0 radical (unpaired) electrons. The van der Waals surface area contributed by atoms with Gasteiger partial charge in [-0.3, -0.25) is 0 Å². The fourth-order valence-electron chi connectivity index (χ4n) is 2.93. The number of benzene rings is 3. The van der Waals surface area contributed by atoms with Crippen LogP contribution in [0.3, 0.4) is 0 Å². The lowest BCUT2D eigenvalue weighted by Gasteiger charge is -2.19. The van der Waals surface area contributed by atoms with E-state index >= 15 is 0 Å². The van der Waals surface area contributed by atoms with E-state index in [1.807, 2.05) is 19.1 Å². The standard InChI is InChI=1S/C19H18ClN/c1-12-9-15(11-16(20)10-12)19(21)18-13(2)7-8-14-5-3-4-6-17(14)18/h3-11,19H,21H2,1-2H3. The molecule has 3 rings (SSSR count). The molecule has 2 heteroatoms. The first-order chi connectivity index (χ1) is 10.1. The van der Waals surface area contributed by atoms with Crippen LogP contribution in [0, 0.1) is 13.8 Å². The number of hydrogen-bond donors (Lipinski definition) is 1. The van der Waals surface area contributed by atoms with Gasteiger partial charge in [0.1, 0.15) is 0 Å². The molecule has 0 amide bonds. The van der Waals surface area contributed by atoms with Crippen molar-refractivity contribution in [3.8, 4) is 0 Å². The van der Waals surface area contributed by atoms with Gasteiger partial charge in [-0.05, 0) is 59.0 Å². The summed E-state index contributed by atoms with van der Waals surface area (Å²) in [5.41, 5.74) is 11.1. The zero-order valence-electron chi connectivity index (χ0n) is 12.2. The third-order valence-corrected chi connectivity index (χ3v) is 4.14. The topological polar surface area (TPSA) is 26.0 Å². The molecule has 0 aliphatic rings. The molecule has 2 N–H and O–H groups in total. The van der Waals surface area contributed by atoms with Gasteiger partial charge in [-0.1, -0.05) is 54.1 Å². The molecule has 0 bridgehead atoms. The minimum atomic E-state index is -0.173. The minimum absolute atomic E-state index is 0.173. The Morgan fingerprint density at radius 2 is 1.71 bits per heavy atom. The fraction of sp³-hybridized carbons (Fsp3) is 0.158. The Bertz CT molecular complexity index is 788. The van der Waals surface area contributed by atoms with Crippen LogP contribution in [0.2, 0.25) is 5.02 Å². The van der Waals surface area contributed by atoms with Crippen molar-refractivity contribution in [1.29, 1.82) is 0 Å². The highest BCUT2D eigenvalue weighted by atomic mass is 35.5. The molecule has 0 saturated heterocycles. The van der Waals surface area contributed by atoms with Gasteiger partial charge in [0.15, 0.2) is 0 Å². The van der Waals surface area contributed by atoms with Crippen LogP contribution in [-0.4, -0.2) is 0 Å². The SMILES string of the molecule is Cc1cc(Cl)cc(C(N)c2c(C)ccc3ccccc23)c1. The monoisotopic (exact) mass is 295 g/mol. The average molecular weight is 296 g/mol. The number of hydrogen-bond acceptors (Lipinski definition) is 1. The smallest absolute Gasteiger partial charge is 0.0561 e. The van der Waals surface area contributed by atoms with Crippen LogP contribution in [-0.2, 0) is 0 Å². The summed E-state index contributed by atoms with van der Waals surface area (Å²) < 4.78 is 0. The number of halogens is 1. The van der Waals surface area contributed by atoms with Crippen molar-refractivity contribution in [2.75, 3.05) is 0 Å². The van der Waals surface area contributed by atoms with Gasteiger partial charge in [-0.15, -0.1) is 0 Å². The number of fused-ring (bicyclic) bond motifs is 1. The fourth-order valence-corrected chi connectivity index (χ4v) is 3.23. The van der Waals surface area contributed by atoms with Crippen molar-refractivity contribution in [2.24, 2.45) is 5.73 Å². The van der Waals surface area contributed by atoms with E-state index in [9.17, 15) is 0 Å². The van der Waals surface area contributed by atoms with Crippen molar-refractivity contribution < 1.29 is 0 Å². The first-order valence-electron chi connectivity index (χ1n) is 7.07. The number of rotatable bonds is 2. The molecule has 0 fully saturated rings. The van der Waals surface area contributed by atoms with E-state index in [0.29, 0.717) is 0 Å². The maximum Gasteiger partial charge on any atom is 0.0561 e. The minimum Gasteiger partial charge on any atom is -0.320 e. The van der Waals surface area contributed by atoms with Gasteiger partial charge in [0.2, 0.25) is 0 Å². The van der Waals surface area contributed by atoms with E-state index in [0.717, 1.165) is 16.1 Å². The van der Waals surface area contributed by atoms with Gasteiger partial charge < -0.3 is 5.73 Å². The molecule has 0 aromatic heterocycles. The molecular formula is C19H18ClN. The van der Waals surface area contributed by atoms with E-state index in [-0.39, 0.29) is 6.04 Å². The average Bonchev–Trinajstić information content (AvgIpc) is 2.45. The predicted molar refractivity (Wildman–Crippen MR) is 90.9 cm³/mol. The Balaban J connectivity index is 2.21. The lowest BCUT2D eigenvalue weighted by atomic mass is 9.90. The van der Waals surface area contributed by atoms with E-state index in [1.54, 1.807) is 0 Å². The summed E-state index contributed by atoms with van der Waals surface area (Å²) in [6, 6.07) is 18.5. The Morgan fingerprint density at radius 3 is 2.48 bits per heavy atom. The maximum atomic E-state index is 6.56. The molecule has 1 unspecified atom stereocenters. The van der Waals surface area contributed by atoms with Gasteiger partial charge >= 0.3 is 0 Å². The van der Waals surface area contributed by atoms with Crippen LogP contribution >= 0.6 is 11.6 Å². The van der Waals surface area contributed by atoms with Gasteiger partial charge in [0.25, 0.3) is 0 Å². The third kappa shape index (κ3) is 2.67. The summed E-state index contributed by atoms with van der Waals surface area (Å²) >= 11 is 6.18. The summed E-state index contributed by atoms with van der Waals surface area (Å²) in [5.74, 6) is 0. The second-order valence-electron chi connectivity index (χ2n) is 5.56. The number of nitrogens with two attached hydrogens (primary N) is 1. The summed E-state index contributed by atoms with van der Waals surface area (Å²) in [4.78, 5) is 0.